The molecule has 1 aromatic heterocycles. The number of Topliss-reactive ketones (excluding diaryl/α,β-unsaturated/α-hetero) is 1. The number of aromatic nitrogens is 2. The molecule has 0 saturated carbocycles. The Morgan fingerprint density at radius 2 is 2.05 bits per heavy atom. The average molecular weight is 274 g/mol. The number of carbonyl (C=O) groups is 1. The van der Waals surface area contributed by atoms with Crippen LogP contribution in [0.25, 0.3) is 0 Å². The van der Waals surface area contributed by atoms with Crippen molar-refractivity contribution in [1.29, 1.82) is 0 Å². The van der Waals surface area contributed by atoms with E-state index in [1.165, 1.54) is 5.56 Å². The highest BCUT2D eigenvalue weighted by Crippen LogP contribution is 2.18. The highest BCUT2D eigenvalue weighted by molar-refractivity contribution is 8.00. The van der Waals surface area contributed by atoms with Gasteiger partial charge in [-0.3, -0.25) is 4.79 Å². The Balaban J connectivity index is 1.76. The molecule has 0 aliphatic rings. The Kier molecular flexibility index (Phi) is 4.80. The highest BCUT2D eigenvalue weighted by atomic mass is 32.2. The number of benzene rings is 1. The van der Waals surface area contributed by atoms with Crippen LogP contribution in [0.15, 0.2) is 41.6 Å². The lowest BCUT2D eigenvalue weighted by Crippen LogP contribution is -2.06. The van der Waals surface area contributed by atoms with Gasteiger partial charge in [0.2, 0.25) is 0 Å². The minimum atomic E-state index is 0.272. The van der Waals surface area contributed by atoms with Gasteiger partial charge in [0.1, 0.15) is 11.6 Å². The van der Waals surface area contributed by atoms with E-state index in [9.17, 15) is 4.79 Å². The van der Waals surface area contributed by atoms with Crippen LogP contribution in [0.2, 0.25) is 0 Å². The third-order valence-electron chi connectivity index (χ3n) is 2.97. The third kappa shape index (κ3) is 4.24. The standard InChI is InChI=1S/C15H18N2OS/c1-12-3-6-14(7-4-12)19-11-13(18)5-8-15-16-9-10-17(15)2/h3-4,6-7,9-10H,5,8,11H2,1-2H3. The molecule has 3 nitrogen and oxygen atoms in total. The van der Waals surface area contributed by atoms with Crippen molar-refractivity contribution < 1.29 is 4.79 Å². The number of thioether (sulfide) groups is 1. The second-order valence-electron chi connectivity index (χ2n) is 4.59. The molecule has 2 rings (SSSR count). The van der Waals surface area contributed by atoms with Crippen LogP contribution in [0.5, 0.6) is 0 Å². The summed E-state index contributed by atoms with van der Waals surface area (Å²) < 4.78 is 1.96. The van der Waals surface area contributed by atoms with E-state index in [2.05, 4.69) is 36.2 Å². The number of imidazole rings is 1. The molecule has 0 bridgehead atoms. The van der Waals surface area contributed by atoms with E-state index in [0.29, 0.717) is 12.2 Å². The van der Waals surface area contributed by atoms with Gasteiger partial charge in [-0.1, -0.05) is 17.7 Å². The molecule has 4 heteroatoms. The molecule has 0 unspecified atom stereocenters. The van der Waals surface area contributed by atoms with Crippen molar-refractivity contribution in [3.05, 3.63) is 48.0 Å². The molecule has 0 amide bonds. The summed E-state index contributed by atoms with van der Waals surface area (Å²) in [6.07, 6.45) is 4.95. The molecule has 1 aromatic carbocycles. The average Bonchev–Trinajstić information content (AvgIpc) is 2.81. The zero-order valence-corrected chi connectivity index (χ0v) is 12.1. The fourth-order valence-electron chi connectivity index (χ4n) is 1.76. The van der Waals surface area contributed by atoms with Crippen LogP contribution in [0, 0.1) is 6.92 Å². The smallest absolute Gasteiger partial charge is 0.143 e. The predicted molar refractivity (Wildman–Crippen MR) is 78.4 cm³/mol. The Labute approximate surface area is 118 Å². The Bertz CT molecular complexity index is 546. The molecule has 0 saturated heterocycles. The fourth-order valence-corrected chi connectivity index (χ4v) is 2.56. The molecule has 0 fully saturated rings. The van der Waals surface area contributed by atoms with Crippen LogP contribution in [0.4, 0.5) is 0 Å². The Hall–Kier alpha value is -1.55. The second kappa shape index (κ2) is 6.57. The molecule has 0 aliphatic heterocycles. The van der Waals surface area contributed by atoms with Crippen molar-refractivity contribution in [3.8, 4) is 0 Å². The molecule has 0 atom stereocenters. The first kappa shape index (κ1) is 13.9. The largest absolute Gasteiger partial charge is 0.338 e. The summed E-state index contributed by atoms with van der Waals surface area (Å²) in [5.74, 6) is 1.77. The van der Waals surface area contributed by atoms with E-state index >= 15 is 0 Å². The zero-order chi connectivity index (χ0) is 13.7. The topological polar surface area (TPSA) is 34.9 Å². The first-order chi connectivity index (χ1) is 9.15. The lowest BCUT2D eigenvalue weighted by molar-refractivity contribution is -0.116. The maximum atomic E-state index is 11.8. The number of carbonyl (C=O) groups excluding carboxylic acids is 1. The van der Waals surface area contributed by atoms with E-state index in [0.717, 1.165) is 17.1 Å². The van der Waals surface area contributed by atoms with E-state index in [1.807, 2.05) is 17.8 Å². The van der Waals surface area contributed by atoms with Crippen LogP contribution in [0.3, 0.4) is 0 Å². The minimum absolute atomic E-state index is 0.272. The lowest BCUT2D eigenvalue weighted by Gasteiger charge is -2.03. The maximum Gasteiger partial charge on any atom is 0.143 e. The summed E-state index contributed by atoms with van der Waals surface area (Å²) in [4.78, 5) is 17.2. The van der Waals surface area contributed by atoms with Crippen LogP contribution in [-0.4, -0.2) is 21.1 Å². The maximum absolute atomic E-state index is 11.8. The highest BCUT2D eigenvalue weighted by Gasteiger charge is 2.06. The molecule has 2 aromatic rings. The normalized spacial score (nSPS) is 10.6. The van der Waals surface area contributed by atoms with E-state index in [1.54, 1.807) is 18.0 Å². The first-order valence-corrected chi connectivity index (χ1v) is 7.31. The number of hydrogen-bond acceptors (Lipinski definition) is 3. The number of ketones is 1. The third-order valence-corrected chi connectivity index (χ3v) is 4.04. The summed E-state index contributed by atoms with van der Waals surface area (Å²) in [6, 6.07) is 8.26. The molecule has 1 heterocycles. The van der Waals surface area contributed by atoms with Gasteiger partial charge < -0.3 is 4.57 Å². The van der Waals surface area contributed by atoms with Crippen molar-refractivity contribution in [2.45, 2.75) is 24.7 Å². The van der Waals surface area contributed by atoms with Crippen LogP contribution < -0.4 is 0 Å². The van der Waals surface area contributed by atoms with Crippen molar-refractivity contribution in [1.82, 2.24) is 9.55 Å². The predicted octanol–water partition coefficient (Wildman–Crippen LogP) is 3.02. The number of aryl methyl sites for hydroxylation is 3. The monoisotopic (exact) mass is 274 g/mol. The van der Waals surface area contributed by atoms with Crippen molar-refractivity contribution in [2.75, 3.05) is 5.75 Å². The van der Waals surface area contributed by atoms with Gasteiger partial charge in [-0.05, 0) is 19.1 Å². The fraction of sp³-hybridized carbons (Fsp3) is 0.333. The molecule has 0 radical (unpaired) electrons. The second-order valence-corrected chi connectivity index (χ2v) is 5.64. The molecule has 0 N–H and O–H groups in total. The zero-order valence-electron chi connectivity index (χ0n) is 11.3. The quantitative estimate of drug-likeness (QED) is 0.759. The summed E-state index contributed by atoms with van der Waals surface area (Å²) in [5.41, 5.74) is 1.24. The SMILES string of the molecule is Cc1ccc(SCC(=O)CCc2nccn2C)cc1. The van der Waals surface area contributed by atoms with Crippen molar-refractivity contribution in [2.24, 2.45) is 7.05 Å². The van der Waals surface area contributed by atoms with E-state index < -0.39 is 0 Å². The number of hydrogen-bond donors (Lipinski definition) is 0. The molecule has 0 spiro atoms. The van der Waals surface area contributed by atoms with Crippen LogP contribution in [0.1, 0.15) is 17.8 Å². The number of rotatable bonds is 6. The molecular formula is C15H18N2OS. The Morgan fingerprint density at radius 3 is 2.68 bits per heavy atom. The van der Waals surface area contributed by atoms with Gasteiger partial charge in [0.25, 0.3) is 0 Å². The van der Waals surface area contributed by atoms with Gasteiger partial charge in [0, 0.05) is 37.2 Å². The molecule has 0 aliphatic carbocycles. The Morgan fingerprint density at radius 1 is 1.32 bits per heavy atom. The van der Waals surface area contributed by atoms with Crippen molar-refractivity contribution >= 4 is 17.5 Å². The van der Waals surface area contributed by atoms with Crippen molar-refractivity contribution in [3.63, 3.8) is 0 Å². The van der Waals surface area contributed by atoms with Gasteiger partial charge in [0.05, 0.1) is 5.75 Å². The van der Waals surface area contributed by atoms with Gasteiger partial charge in [-0.15, -0.1) is 11.8 Å². The van der Waals surface area contributed by atoms with E-state index in [-0.39, 0.29) is 5.78 Å². The first-order valence-electron chi connectivity index (χ1n) is 6.32. The van der Waals surface area contributed by atoms with Gasteiger partial charge in [0.15, 0.2) is 0 Å². The van der Waals surface area contributed by atoms with Gasteiger partial charge in [-0.25, -0.2) is 4.98 Å². The minimum Gasteiger partial charge on any atom is -0.338 e. The summed E-state index contributed by atoms with van der Waals surface area (Å²) in [5, 5.41) is 0. The van der Waals surface area contributed by atoms with Crippen LogP contribution in [-0.2, 0) is 18.3 Å². The van der Waals surface area contributed by atoms with Crippen LogP contribution >= 0.6 is 11.8 Å². The molecular weight excluding hydrogens is 256 g/mol. The lowest BCUT2D eigenvalue weighted by atomic mass is 10.2. The summed E-state index contributed by atoms with van der Waals surface area (Å²) >= 11 is 1.60. The summed E-state index contributed by atoms with van der Waals surface area (Å²) in [6.45, 7) is 2.06. The van der Waals surface area contributed by atoms with Gasteiger partial charge in [-0.2, -0.15) is 0 Å². The summed E-state index contributed by atoms with van der Waals surface area (Å²) in [7, 11) is 1.95. The number of nitrogens with zero attached hydrogens (tertiary/aromatic N) is 2. The molecule has 19 heavy (non-hydrogen) atoms. The van der Waals surface area contributed by atoms with Gasteiger partial charge >= 0.3 is 0 Å². The molecule has 100 valence electrons. The van der Waals surface area contributed by atoms with E-state index in [4.69, 9.17) is 0 Å².